The fourth-order valence-electron chi connectivity index (χ4n) is 1.11. The number of aromatic hydroxyl groups is 1. The van der Waals surface area contributed by atoms with Gasteiger partial charge in [0.1, 0.15) is 11.3 Å². The molecule has 0 fully saturated rings. The molecule has 0 aromatic heterocycles. The third-order valence-electron chi connectivity index (χ3n) is 1.95. The minimum atomic E-state index is -0.557. The van der Waals surface area contributed by atoms with Gasteiger partial charge in [0.2, 0.25) is 0 Å². The Bertz CT molecular complexity index is 347. The highest BCUT2D eigenvalue weighted by molar-refractivity contribution is 5.92. The Balaban J connectivity index is 3.07. The van der Waals surface area contributed by atoms with Crippen LogP contribution in [0.1, 0.15) is 28.9 Å². The fraction of sp³-hybridized carbons (Fsp3) is 0.300. The lowest BCUT2D eigenvalue weighted by atomic mass is 10.1. The summed E-state index contributed by atoms with van der Waals surface area (Å²) < 4.78 is 4.49. The van der Waals surface area contributed by atoms with E-state index in [-0.39, 0.29) is 17.4 Å². The predicted molar refractivity (Wildman–Crippen MR) is 52.0 cm³/mol. The van der Waals surface area contributed by atoms with Crippen molar-refractivity contribution in [3.05, 3.63) is 29.3 Å². The molecule has 0 aliphatic rings. The molecule has 76 valence electrons. The third kappa shape index (κ3) is 2.03. The van der Waals surface area contributed by atoms with Gasteiger partial charge in [0.15, 0.2) is 0 Å². The lowest BCUT2D eigenvalue weighted by molar-refractivity contribution is 0.0597. The average Bonchev–Trinajstić information content (AvgIpc) is 2.16. The van der Waals surface area contributed by atoms with Gasteiger partial charge in [0.25, 0.3) is 0 Å². The number of hydrogen-bond acceptors (Lipinski definition) is 4. The molecule has 0 radical (unpaired) electrons. The molecular weight excluding hydrogens is 182 g/mol. The Hall–Kier alpha value is -1.55. The summed E-state index contributed by atoms with van der Waals surface area (Å²) in [7, 11) is 1.27. The number of methoxy groups -OCH3 is 1. The van der Waals surface area contributed by atoms with E-state index in [1.54, 1.807) is 13.0 Å². The van der Waals surface area contributed by atoms with Crippen molar-refractivity contribution in [3.8, 4) is 5.75 Å². The maximum atomic E-state index is 11.1. The van der Waals surface area contributed by atoms with E-state index >= 15 is 0 Å². The Morgan fingerprint density at radius 2 is 2.21 bits per heavy atom. The number of benzene rings is 1. The van der Waals surface area contributed by atoms with Gasteiger partial charge in [-0.05, 0) is 24.6 Å². The Kier molecular flexibility index (Phi) is 3.09. The largest absolute Gasteiger partial charge is 0.507 e. The molecule has 0 aliphatic heterocycles. The van der Waals surface area contributed by atoms with Crippen LogP contribution in [0.15, 0.2) is 18.2 Å². The summed E-state index contributed by atoms with van der Waals surface area (Å²) in [5, 5.41) is 9.49. The van der Waals surface area contributed by atoms with E-state index in [1.165, 1.54) is 19.2 Å². The Morgan fingerprint density at radius 3 is 2.64 bits per heavy atom. The van der Waals surface area contributed by atoms with Crippen LogP contribution in [0, 0.1) is 0 Å². The number of phenols is 1. The highest BCUT2D eigenvalue weighted by atomic mass is 16.5. The molecule has 1 rings (SSSR count). The van der Waals surface area contributed by atoms with Gasteiger partial charge in [-0.3, -0.25) is 0 Å². The zero-order valence-electron chi connectivity index (χ0n) is 8.15. The van der Waals surface area contributed by atoms with Gasteiger partial charge in [-0.15, -0.1) is 0 Å². The van der Waals surface area contributed by atoms with Gasteiger partial charge in [-0.2, -0.15) is 0 Å². The van der Waals surface area contributed by atoms with Crippen LogP contribution >= 0.6 is 0 Å². The molecule has 0 spiro atoms. The number of ether oxygens (including phenoxy) is 1. The highest BCUT2D eigenvalue weighted by Gasteiger charge is 2.12. The molecule has 0 saturated carbocycles. The third-order valence-corrected chi connectivity index (χ3v) is 1.95. The molecule has 0 bridgehead atoms. The summed E-state index contributed by atoms with van der Waals surface area (Å²) in [6, 6.07) is 4.49. The molecule has 0 aliphatic carbocycles. The fourth-order valence-corrected chi connectivity index (χ4v) is 1.11. The predicted octanol–water partition coefficient (Wildman–Crippen LogP) is 1.20. The minimum Gasteiger partial charge on any atom is -0.507 e. The zero-order valence-corrected chi connectivity index (χ0v) is 8.15. The normalized spacial score (nSPS) is 12.2. The molecular formula is C10H13NO3. The molecule has 1 aromatic carbocycles. The second kappa shape index (κ2) is 4.11. The molecule has 4 heteroatoms. The van der Waals surface area contributed by atoms with Crippen molar-refractivity contribution in [2.24, 2.45) is 5.73 Å². The molecule has 1 aromatic rings. The lowest BCUT2D eigenvalue weighted by Gasteiger charge is -2.08. The van der Waals surface area contributed by atoms with Crippen LogP contribution in [0.2, 0.25) is 0 Å². The number of esters is 1. The van der Waals surface area contributed by atoms with Crippen molar-refractivity contribution < 1.29 is 14.6 Å². The maximum absolute atomic E-state index is 11.1. The number of carbonyl (C=O) groups excluding carboxylic acids is 1. The first-order valence-electron chi connectivity index (χ1n) is 4.23. The molecule has 14 heavy (non-hydrogen) atoms. The lowest BCUT2D eigenvalue weighted by Crippen LogP contribution is -2.06. The minimum absolute atomic E-state index is 0.105. The first kappa shape index (κ1) is 10.5. The molecule has 0 heterocycles. The van der Waals surface area contributed by atoms with E-state index in [4.69, 9.17) is 5.73 Å². The summed E-state index contributed by atoms with van der Waals surface area (Å²) in [5.41, 5.74) is 6.54. The Morgan fingerprint density at radius 1 is 1.57 bits per heavy atom. The van der Waals surface area contributed by atoms with E-state index in [9.17, 15) is 9.90 Å². The monoisotopic (exact) mass is 195 g/mol. The summed E-state index contributed by atoms with van der Waals surface area (Å²) in [6.07, 6.45) is 0. The first-order valence-corrected chi connectivity index (χ1v) is 4.23. The molecule has 0 saturated heterocycles. The van der Waals surface area contributed by atoms with E-state index in [1.807, 2.05) is 0 Å². The Labute approximate surface area is 82.3 Å². The van der Waals surface area contributed by atoms with Crippen LogP contribution in [-0.4, -0.2) is 18.2 Å². The van der Waals surface area contributed by atoms with Crippen molar-refractivity contribution in [2.75, 3.05) is 7.11 Å². The SMILES string of the molecule is COC(=O)c1ccc(C(C)N)cc1O. The second-order valence-electron chi connectivity index (χ2n) is 3.06. The maximum Gasteiger partial charge on any atom is 0.341 e. The molecule has 1 atom stereocenters. The number of rotatable bonds is 2. The summed E-state index contributed by atoms with van der Waals surface area (Å²) in [5.74, 6) is -0.662. The van der Waals surface area contributed by atoms with Gasteiger partial charge in [0.05, 0.1) is 7.11 Å². The van der Waals surface area contributed by atoms with Crippen molar-refractivity contribution in [2.45, 2.75) is 13.0 Å². The smallest absolute Gasteiger partial charge is 0.341 e. The summed E-state index contributed by atoms with van der Waals surface area (Å²) in [6.45, 7) is 1.80. The molecule has 1 unspecified atom stereocenters. The van der Waals surface area contributed by atoms with E-state index in [0.717, 1.165) is 5.56 Å². The van der Waals surface area contributed by atoms with Crippen LogP contribution < -0.4 is 5.73 Å². The van der Waals surface area contributed by atoms with Crippen molar-refractivity contribution in [3.63, 3.8) is 0 Å². The van der Waals surface area contributed by atoms with Crippen LogP contribution in [0.3, 0.4) is 0 Å². The topological polar surface area (TPSA) is 72.5 Å². The highest BCUT2D eigenvalue weighted by Crippen LogP contribution is 2.22. The van der Waals surface area contributed by atoms with E-state index in [0.29, 0.717) is 0 Å². The van der Waals surface area contributed by atoms with E-state index in [2.05, 4.69) is 4.74 Å². The summed E-state index contributed by atoms with van der Waals surface area (Å²) >= 11 is 0. The van der Waals surface area contributed by atoms with Crippen molar-refractivity contribution in [1.82, 2.24) is 0 Å². The van der Waals surface area contributed by atoms with Crippen LogP contribution in [0.25, 0.3) is 0 Å². The quantitative estimate of drug-likeness (QED) is 0.695. The summed E-state index contributed by atoms with van der Waals surface area (Å²) in [4.78, 5) is 11.1. The zero-order chi connectivity index (χ0) is 10.7. The first-order chi connectivity index (χ1) is 6.56. The van der Waals surface area contributed by atoms with Gasteiger partial charge in [0, 0.05) is 6.04 Å². The molecule has 0 amide bonds. The van der Waals surface area contributed by atoms with Crippen molar-refractivity contribution in [1.29, 1.82) is 0 Å². The number of nitrogens with two attached hydrogens (primary N) is 1. The van der Waals surface area contributed by atoms with Gasteiger partial charge < -0.3 is 15.6 Å². The van der Waals surface area contributed by atoms with Gasteiger partial charge in [-0.1, -0.05) is 6.07 Å². The van der Waals surface area contributed by atoms with Crippen LogP contribution in [0.5, 0.6) is 5.75 Å². The second-order valence-corrected chi connectivity index (χ2v) is 3.06. The number of hydrogen-bond donors (Lipinski definition) is 2. The number of carbonyl (C=O) groups is 1. The molecule has 4 nitrogen and oxygen atoms in total. The van der Waals surface area contributed by atoms with Gasteiger partial charge >= 0.3 is 5.97 Å². The van der Waals surface area contributed by atoms with Gasteiger partial charge in [-0.25, -0.2) is 4.79 Å². The van der Waals surface area contributed by atoms with Crippen molar-refractivity contribution >= 4 is 5.97 Å². The standard InChI is InChI=1S/C10H13NO3/c1-6(11)7-3-4-8(9(12)5-7)10(13)14-2/h3-6,12H,11H2,1-2H3. The average molecular weight is 195 g/mol. The molecule has 3 N–H and O–H groups in total. The van der Waals surface area contributed by atoms with E-state index < -0.39 is 5.97 Å². The van der Waals surface area contributed by atoms with Crippen LogP contribution in [0.4, 0.5) is 0 Å². The number of phenolic OH excluding ortho intramolecular Hbond substituents is 1. The van der Waals surface area contributed by atoms with Crippen LogP contribution in [-0.2, 0) is 4.74 Å².